The van der Waals surface area contributed by atoms with Crippen molar-refractivity contribution in [2.75, 3.05) is 50.4 Å². The number of benzene rings is 2. The van der Waals surface area contributed by atoms with Crippen molar-refractivity contribution in [1.82, 2.24) is 10.2 Å². The Morgan fingerprint density at radius 1 is 1.06 bits per heavy atom. The van der Waals surface area contributed by atoms with E-state index >= 15 is 0 Å². The van der Waals surface area contributed by atoms with Crippen molar-refractivity contribution in [3.63, 3.8) is 0 Å². The zero-order chi connectivity index (χ0) is 23.4. The van der Waals surface area contributed by atoms with E-state index in [-0.39, 0.29) is 19.1 Å². The van der Waals surface area contributed by atoms with Gasteiger partial charge in [0.05, 0.1) is 26.1 Å². The molecule has 0 unspecified atom stereocenters. The number of anilines is 1. The van der Waals surface area contributed by atoms with Crippen molar-refractivity contribution in [2.45, 2.75) is 13.0 Å². The molecule has 0 aromatic heterocycles. The summed E-state index contributed by atoms with van der Waals surface area (Å²) in [4.78, 5) is 14.2. The lowest BCUT2D eigenvalue weighted by molar-refractivity contribution is 0.0951. The van der Waals surface area contributed by atoms with Gasteiger partial charge in [-0.1, -0.05) is 18.2 Å². The molecule has 0 atom stereocenters. The van der Waals surface area contributed by atoms with Gasteiger partial charge >= 0.3 is 0 Å². The fraction of sp³-hybridized carbons (Fsp3) is 0.409. The topological polar surface area (TPSA) is 128 Å². The number of aliphatic hydroxyl groups excluding tert-OH is 2. The molecule has 32 heavy (non-hydrogen) atoms. The van der Waals surface area contributed by atoms with Crippen LogP contribution in [-0.4, -0.2) is 75.1 Å². The summed E-state index contributed by atoms with van der Waals surface area (Å²) in [5.74, 6) is 0.415. The summed E-state index contributed by atoms with van der Waals surface area (Å²) in [5, 5.41) is 21.0. The molecule has 0 aliphatic heterocycles. The van der Waals surface area contributed by atoms with E-state index < -0.39 is 10.0 Å². The van der Waals surface area contributed by atoms with Crippen LogP contribution in [0.1, 0.15) is 22.3 Å². The third-order valence-corrected chi connectivity index (χ3v) is 5.05. The first-order valence-electron chi connectivity index (χ1n) is 10.3. The predicted octanol–water partition coefficient (Wildman–Crippen LogP) is 1.04. The standard InChI is InChI=1S/C22H31N3O6S/c1-32(29,30)24-20-7-3-6-19(16-20)22(28)23-9-4-14-31-21-8-2-5-18(15-21)17-25(10-12-26)11-13-27/h2-3,5-8,15-16,24,26-27H,4,9-14,17H2,1H3,(H,23,28). The lowest BCUT2D eigenvalue weighted by atomic mass is 10.2. The number of amides is 1. The van der Waals surface area contributed by atoms with E-state index in [2.05, 4.69) is 10.0 Å². The Morgan fingerprint density at radius 3 is 2.47 bits per heavy atom. The molecule has 0 bridgehead atoms. The van der Waals surface area contributed by atoms with Crippen LogP contribution in [0.2, 0.25) is 0 Å². The van der Waals surface area contributed by atoms with E-state index in [1.54, 1.807) is 18.2 Å². The monoisotopic (exact) mass is 465 g/mol. The molecule has 0 aliphatic carbocycles. The van der Waals surface area contributed by atoms with Crippen LogP contribution < -0.4 is 14.8 Å². The maximum absolute atomic E-state index is 12.3. The third kappa shape index (κ3) is 9.65. The zero-order valence-electron chi connectivity index (χ0n) is 18.2. The quantitative estimate of drug-likeness (QED) is 0.307. The van der Waals surface area contributed by atoms with Gasteiger partial charge in [-0.15, -0.1) is 0 Å². The van der Waals surface area contributed by atoms with Gasteiger partial charge in [-0.25, -0.2) is 8.42 Å². The molecule has 0 radical (unpaired) electrons. The van der Waals surface area contributed by atoms with Gasteiger partial charge in [0.25, 0.3) is 5.91 Å². The minimum absolute atomic E-state index is 0.0282. The van der Waals surface area contributed by atoms with Crippen LogP contribution in [0.4, 0.5) is 5.69 Å². The van der Waals surface area contributed by atoms with Gasteiger partial charge in [0, 0.05) is 37.4 Å². The van der Waals surface area contributed by atoms with Gasteiger partial charge in [0.1, 0.15) is 5.75 Å². The molecular formula is C22H31N3O6S. The van der Waals surface area contributed by atoms with Crippen molar-refractivity contribution >= 4 is 21.6 Å². The number of aliphatic hydroxyl groups is 2. The smallest absolute Gasteiger partial charge is 0.251 e. The summed E-state index contributed by atoms with van der Waals surface area (Å²) in [5.41, 5.74) is 1.71. The molecule has 1 amide bonds. The fourth-order valence-corrected chi connectivity index (χ4v) is 3.60. The molecule has 2 aromatic rings. The highest BCUT2D eigenvalue weighted by molar-refractivity contribution is 7.92. The first kappa shape index (κ1) is 25.6. The van der Waals surface area contributed by atoms with Gasteiger partial charge in [-0.3, -0.25) is 14.4 Å². The average Bonchev–Trinajstić information content (AvgIpc) is 2.73. The molecule has 0 fully saturated rings. The zero-order valence-corrected chi connectivity index (χ0v) is 19.0. The van der Waals surface area contributed by atoms with Crippen LogP contribution in [0.25, 0.3) is 0 Å². The second kappa shape index (κ2) is 13.0. The largest absolute Gasteiger partial charge is 0.494 e. The molecule has 0 saturated carbocycles. The molecule has 0 spiro atoms. The van der Waals surface area contributed by atoms with Crippen LogP contribution in [0.3, 0.4) is 0 Å². The van der Waals surface area contributed by atoms with Crippen molar-refractivity contribution in [3.05, 3.63) is 59.7 Å². The normalized spacial score (nSPS) is 11.4. The Hall–Kier alpha value is -2.66. The number of rotatable bonds is 14. The van der Waals surface area contributed by atoms with Crippen molar-refractivity contribution in [2.24, 2.45) is 0 Å². The van der Waals surface area contributed by atoms with E-state index in [0.29, 0.717) is 56.2 Å². The maximum Gasteiger partial charge on any atom is 0.251 e. The fourth-order valence-electron chi connectivity index (χ4n) is 3.05. The highest BCUT2D eigenvalue weighted by Gasteiger charge is 2.09. The molecular weight excluding hydrogens is 434 g/mol. The molecule has 4 N–H and O–H groups in total. The minimum atomic E-state index is -3.41. The lowest BCUT2D eigenvalue weighted by Crippen LogP contribution is -2.29. The summed E-state index contributed by atoms with van der Waals surface area (Å²) in [6.07, 6.45) is 1.65. The second-order valence-electron chi connectivity index (χ2n) is 7.28. The Balaban J connectivity index is 1.77. The molecule has 9 nitrogen and oxygen atoms in total. The summed E-state index contributed by atoms with van der Waals surface area (Å²) in [6.45, 7) is 2.44. The Bertz CT molecular complexity index is 962. The summed E-state index contributed by atoms with van der Waals surface area (Å²) in [7, 11) is -3.41. The molecule has 0 saturated heterocycles. The van der Waals surface area contributed by atoms with Gasteiger partial charge < -0.3 is 20.3 Å². The maximum atomic E-state index is 12.3. The van der Waals surface area contributed by atoms with Gasteiger partial charge in [0.2, 0.25) is 10.0 Å². The summed E-state index contributed by atoms with van der Waals surface area (Å²) >= 11 is 0. The van der Waals surface area contributed by atoms with Crippen LogP contribution in [0.5, 0.6) is 5.75 Å². The van der Waals surface area contributed by atoms with Crippen molar-refractivity contribution in [3.8, 4) is 5.75 Å². The van der Waals surface area contributed by atoms with Crippen LogP contribution in [-0.2, 0) is 16.6 Å². The highest BCUT2D eigenvalue weighted by atomic mass is 32.2. The van der Waals surface area contributed by atoms with Crippen LogP contribution in [0, 0.1) is 0 Å². The van der Waals surface area contributed by atoms with E-state index in [0.717, 1.165) is 11.8 Å². The average molecular weight is 466 g/mol. The van der Waals surface area contributed by atoms with Crippen molar-refractivity contribution < 1.29 is 28.2 Å². The molecule has 2 rings (SSSR count). The third-order valence-electron chi connectivity index (χ3n) is 4.44. The molecule has 10 heteroatoms. The van der Waals surface area contributed by atoms with E-state index in [4.69, 9.17) is 14.9 Å². The first-order chi connectivity index (χ1) is 15.3. The summed E-state index contributed by atoms with van der Waals surface area (Å²) in [6, 6.07) is 13.9. The molecule has 176 valence electrons. The minimum Gasteiger partial charge on any atom is -0.494 e. The van der Waals surface area contributed by atoms with E-state index in [1.165, 1.54) is 6.07 Å². The number of ether oxygens (including phenoxy) is 1. The number of carbonyl (C=O) groups is 1. The van der Waals surface area contributed by atoms with Crippen LogP contribution in [0.15, 0.2) is 48.5 Å². The lowest BCUT2D eigenvalue weighted by Gasteiger charge is -2.20. The van der Waals surface area contributed by atoms with E-state index in [9.17, 15) is 13.2 Å². The molecule has 0 heterocycles. The second-order valence-corrected chi connectivity index (χ2v) is 9.03. The Morgan fingerprint density at radius 2 is 1.78 bits per heavy atom. The SMILES string of the molecule is CS(=O)(=O)Nc1cccc(C(=O)NCCCOc2cccc(CN(CCO)CCO)c2)c1. The number of hydrogen-bond donors (Lipinski definition) is 4. The van der Waals surface area contributed by atoms with Gasteiger partial charge in [0.15, 0.2) is 0 Å². The van der Waals surface area contributed by atoms with Crippen LogP contribution >= 0.6 is 0 Å². The Labute approximate surface area is 189 Å². The van der Waals surface area contributed by atoms with Gasteiger partial charge in [-0.2, -0.15) is 0 Å². The predicted molar refractivity (Wildman–Crippen MR) is 123 cm³/mol. The van der Waals surface area contributed by atoms with E-state index in [1.807, 2.05) is 29.2 Å². The number of sulfonamides is 1. The number of hydrogen-bond acceptors (Lipinski definition) is 7. The number of carbonyl (C=O) groups excluding carboxylic acids is 1. The first-order valence-corrected chi connectivity index (χ1v) is 12.2. The van der Waals surface area contributed by atoms with Crippen molar-refractivity contribution in [1.29, 1.82) is 0 Å². The number of nitrogens with zero attached hydrogens (tertiary/aromatic N) is 1. The highest BCUT2D eigenvalue weighted by Crippen LogP contribution is 2.15. The molecule has 0 aliphatic rings. The van der Waals surface area contributed by atoms with Gasteiger partial charge in [-0.05, 0) is 42.3 Å². The number of nitrogens with one attached hydrogen (secondary N) is 2. The molecule has 2 aromatic carbocycles. The summed E-state index contributed by atoms with van der Waals surface area (Å²) < 4.78 is 30.8. The Kier molecular flexibility index (Phi) is 10.4.